The minimum absolute atomic E-state index is 0.0253. The molecule has 0 rings (SSSR count). The van der Waals surface area contributed by atoms with Crippen LogP contribution in [0.2, 0.25) is 0 Å². The number of unbranched alkanes of at least 4 members (excludes halogenated alkanes) is 34. The number of nitrogens with zero attached hydrogens (tertiary/aromatic N) is 1. The monoisotopic (exact) mass is 874 g/mol. The highest BCUT2D eigenvalue weighted by molar-refractivity contribution is 7.45. The fraction of sp³-hybridized carbons (Fsp3) is 0.960. The van der Waals surface area contributed by atoms with Gasteiger partial charge < -0.3 is 27.9 Å². The van der Waals surface area contributed by atoms with E-state index in [0.29, 0.717) is 17.4 Å². The number of carbonyl (C=O) groups is 2. The van der Waals surface area contributed by atoms with Crippen molar-refractivity contribution in [1.82, 2.24) is 0 Å². The number of hydrogen-bond acceptors (Lipinski definition) is 8. The molecule has 0 heterocycles. The lowest BCUT2D eigenvalue weighted by molar-refractivity contribution is -0.870. The standard InChI is InChI=1S/C50H100NO8P/c1-6-8-10-12-14-16-18-20-22-24-25-27-28-30-32-34-36-38-40-42-49(52)56-46-48(47-58-60(54,55)57-45-44-51(3,4)5)59-50(53)43-41-39-37-35-33-31-29-26-23-21-19-17-15-13-11-9-7-2/h48H,6-47H2,1-5H3. The average molecular weight is 874 g/mol. The van der Waals surface area contributed by atoms with Crippen molar-refractivity contribution in [3.63, 3.8) is 0 Å². The highest BCUT2D eigenvalue weighted by Gasteiger charge is 2.21. The van der Waals surface area contributed by atoms with E-state index in [1.54, 1.807) is 0 Å². The summed E-state index contributed by atoms with van der Waals surface area (Å²) in [4.78, 5) is 37.7. The number of rotatable bonds is 48. The molecule has 0 amide bonds. The summed E-state index contributed by atoms with van der Waals surface area (Å²) >= 11 is 0. The second-order valence-corrected chi connectivity index (χ2v) is 20.3. The summed E-state index contributed by atoms with van der Waals surface area (Å²) in [5.41, 5.74) is 0. The van der Waals surface area contributed by atoms with Crippen LogP contribution >= 0.6 is 7.82 Å². The van der Waals surface area contributed by atoms with Gasteiger partial charge in [0, 0.05) is 12.8 Å². The Morgan fingerprint density at radius 3 is 1.07 bits per heavy atom. The van der Waals surface area contributed by atoms with Gasteiger partial charge in [-0.2, -0.15) is 0 Å². The molecule has 0 aromatic heterocycles. The summed E-state index contributed by atoms with van der Waals surface area (Å²) in [5.74, 6) is -0.813. The minimum Gasteiger partial charge on any atom is -0.756 e. The summed E-state index contributed by atoms with van der Waals surface area (Å²) in [6, 6.07) is 0. The maximum Gasteiger partial charge on any atom is 0.306 e. The van der Waals surface area contributed by atoms with Crippen LogP contribution in [0.3, 0.4) is 0 Å². The minimum atomic E-state index is -4.62. The van der Waals surface area contributed by atoms with Crippen LogP contribution in [0.15, 0.2) is 0 Å². The number of hydrogen-bond donors (Lipinski definition) is 0. The Morgan fingerprint density at radius 2 is 0.750 bits per heavy atom. The van der Waals surface area contributed by atoms with Crippen molar-refractivity contribution < 1.29 is 42.1 Å². The molecular weight excluding hydrogens is 774 g/mol. The van der Waals surface area contributed by atoms with Gasteiger partial charge in [-0.1, -0.05) is 232 Å². The molecular formula is C50H100NO8P. The normalized spacial score (nSPS) is 13.4. The molecule has 2 unspecified atom stereocenters. The van der Waals surface area contributed by atoms with Crippen LogP contribution in [0, 0.1) is 0 Å². The van der Waals surface area contributed by atoms with Crippen molar-refractivity contribution in [3.05, 3.63) is 0 Å². The van der Waals surface area contributed by atoms with Gasteiger partial charge in [0.1, 0.15) is 19.8 Å². The van der Waals surface area contributed by atoms with E-state index in [9.17, 15) is 19.0 Å². The number of carbonyl (C=O) groups excluding carboxylic acids is 2. The molecule has 9 nitrogen and oxygen atoms in total. The van der Waals surface area contributed by atoms with Crippen LogP contribution < -0.4 is 4.89 Å². The van der Waals surface area contributed by atoms with Gasteiger partial charge in [-0.05, 0) is 12.8 Å². The molecule has 0 aliphatic rings. The average Bonchev–Trinajstić information content (AvgIpc) is 3.20. The van der Waals surface area contributed by atoms with Crippen LogP contribution in [-0.2, 0) is 32.7 Å². The zero-order chi connectivity index (χ0) is 44.3. The largest absolute Gasteiger partial charge is 0.756 e. The van der Waals surface area contributed by atoms with Crippen molar-refractivity contribution in [2.45, 2.75) is 264 Å². The molecule has 0 aromatic rings. The summed E-state index contributed by atoms with van der Waals surface area (Å²) < 4.78 is 34.1. The van der Waals surface area contributed by atoms with Crippen molar-refractivity contribution >= 4 is 19.8 Å². The molecule has 0 bridgehead atoms. The van der Waals surface area contributed by atoms with Gasteiger partial charge in [0.15, 0.2) is 6.10 Å². The second-order valence-electron chi connectivity index (χ2n) is 18.9. The topological polar surface area (TPSA) is 111 Å². The van der Waals surface area contributed by atoms with Crippen molar-refractivity contribution in [3.8, 4) is 0 Å². The Bertz CT molecular complexity index is 990. The molecule has 10 heteroatoms. The van der Waals surface area contributed by atoms with Crippen LogP contribution in [0.4, 0.5) is 0 Å². The van der Waals surface area contributed by atoms with Crippen molar-refractivity contribution in [2.75, 3.05) is 47.5 Å². The Hall–Kier alpha value is -0.990. The van der Waals surface area contributed by atoms with E-state index in [0.717, 1.165) is 32.1 Å². The lowest BCUT2D eigenvalue weighted by Gasteiger charge is -2.28. The molecule has 0 N–H and O–H groups in total. The lowest BCUT2D eigenvalue weighted by atomic mass is 10.0. The molecule has 0 radical (unpaired) electrons. The van der Waals surface area contributed by atoms with Gasteiger partial charge in [0.2, 0.25) is 0 Å². The van der Waals surface area contributed by atoms with Crippen LogP contribution in [0.1, 0.15) is 258 Å². The highest BCUT2D eigenvalue weighted by atomic mass is 31.2. The number of ether oxygens (including phenoxy) is 2. The van der Waals surface area contributed by atoms with E-state index < -0.39 is 26.5 Å². The summed E-state index contributed by atoms with van der Waals surface area (Å²) in [6.45, 7) is 4.29. The van der Waals surface area contributed by atoms with Gasteiger partial charge in [0.05, 0.1) is 27.7 Å². The number of likely N-dealkylation sites (N-methyl/N-ethyl adjacent to an activating group) is 1. The van der Waals surface area contributed by atoms with E-state index in [4.69, 9.17) is 18.5 Å². The predicted octanol–water partition coefficient (Wildman–Crippen LogP) is 14.5. The quantitative estimate of drug-likeness (QED) is 0.0257. The Labute approximate surface area is 372 Å². The zero-order valence-electron chi connectivity index (χ0n) is 40.4. The van der Waals surface area contributed by atoms with E-state index in [2.05, 4.69) is 13.8 Å². The third-order valence-electron chi connectivity index (χ3n) is 11.6. The van der Waals surface area contributed by atoms with Gasteiger partial charge in [0.25, 0.3) is 7.82 Å². The molecule has 2 atom stereocenters. The SMILES string of the molecule is CCCCCCCCCCCCCCCCCCCCCC(=O)OCC(COP(=O)([O-])OCC[N+](C)(C)C)OC(=O)CCCCCCCCCCCCCCCCCCC. The first-order valence-corrected chi connectivity index (χ1v) is 27.2. The number of phosphoric acid groups is 1. The molecule has 0 spiro atoms. The van der Waals surface area contributed by atoms with Crippen LogP contribution in [0.25, 0.3) is 0 Å². The van der Waals surface area contributed by atoms with Gasteiger partial charge in [-0.15, -0.1) is 0 Å². The van der Waals surface area contributed by atoms with Gasteiger partial charge in [-0.25, -0.2) is 0 Å². The maximum atomic E-state index is 12.7. The number of esters is 2. The van der Waals surface area contributed by atoms with Crippen LogP contribution in [-0.4, -0.2) is 70.0 Å². The predicted molar refractivity (Wildman–Crippen MR) is 250 cm³/mol. The fourth-order valence-electron chi connectivity index (χ4n) is 7.60. The zero-order valence-corrected chi connectivity index (χ0v) is 41.3. The smallest absolute Gasteiger partial charge is 0.306 e. The van der Waals surface area contributed by atoms with Gasteiger partial charge in [-0.3, -0.25) is 14.2 Å². The van der Waals surface area contributed by atoms with Crippen molar-refractivity contribution in [1.29, 1.82) is 0 Å². The first-order valence-electron chi connectivity index (χ1n) is 25.7. The number of phosphoric ester groups is 1. The molecule has 60 heavy (non-hydrogen) atoms. The molecule has 0 fully saturated rings. The molecule has 0 saturated carbocycles. The summed E-state index contributed by atoms with van der Waals surface area (Å²) in [7, 11) is 1.19. The molecule has 0 aromatic carbocycles. The lowest BCUT2D eigenvalue weighted by Crippen LogP contribution is -2.37. The van der Waals surface area contributed by atoms with Crippen molar-refractivity contribution in [2.24, 2.45) is 0 Å². The van der Waals surface area contributed by atoms with E-state index in [-0.39, 0.29) is 32.0 Å². The van der Waals surface area contributed by atoms with Gasteiger partial charge >= 0.3 is 11.9 Å². The van der Waals surface area contributed by atoms with Crippen LogP contribution in [0.5, 0.6) is 0 Å². The van der Waals surface area contributed by atoms with E-state index in [1.165, 1.54) is 193 Å². The molecule has 0 aliphatic heterocycles. The molecule has 0 saturated heterocycles. The fourth-order valence-corrected chi connectivity index (χ4v) is 8.33. The first-order chi connectivity index (χ1) is 29.0. The third-order valence-corrected chi connectivity index (χ3v) is 12.6. The highest BCUT2D eigenvalue weighted by Crippen LogP contribution is 2.38. The number of quaternary nitrogens is 1. The summed E-state index contributed by atoms with van der Waals surface area (Å²) in [5, 5.41) is 0. The first kappa shape index (κ1) is 59.0. The maximum absolute atomic E-state index is 12.7. The Balaban J connectivity index is 4.20. The summed E-state index contributed by atoms with van der Waals surface area (Å²) in [6.07, 6.45) is 45.5. The molecule has 0 aliphatic carbocycles. The Kier molecular flexibility index (Phi) is 42.6. The molecule has 358 valence electrons. The van der Waals surface area contributed by atoms with E-state index >= 15 is 0 Å². The second kappa shape index (κ2) is 43.3. The third kappa shape index (κ3) is 46.5. The van der Waals surface area contributed by atoms with E-state index in [1.807, 2.05) is 21.1 Å². The Morgan fingerprint density at radius 1 is 0.450 bits per heavy atom.